The highest BCUT2D eigenvalue weighted by molar-refractivity contribution is 5.79. The van der Waals surface area contributed by atoms with Gasteiger partial charge in [0.05, 0.1) is 6.61 Å². The largest absolute Gasteiger partial charge is 0.392 e. The van der Waals surface area contributed by atoms with Crippen molar-refractivity contribution in [3.63, 3.8) is 0 Å². The number of nitrogens with zero attached hydrogens (tertiary/aromatic N) is 2. The highest BCUT2D eigenvalue weighted by Gasteiger charge is 2.27. The zero-order chi connectivity index (χ0) is 18.4. The van der Waals surface area contributed by atoms with Crippen molar-refractivity contribution in [1.82, 2.24) is 9.80 Å². The van der Waals surface area contributed by atoms with Crippen LogP contribution in [0.1, 0.15) is 49.7 Å². The summed E-state index contributed by atoms with van der Waals surface area (Å²) in [6, 6.07) is 8.07. The predicted molar refractivity (Wildman–Crippen MR) is 100 cm³/mol. The third-order valence-corrected chi connectivity index (χ3v) is 5.64. The second-order valence-electron chi connectivity index (χ2n) is 7.61. The van der Waals surface area contributed by atoms with Crippen LogP contribution in [-0.4, -0.2) is 52.9 Å². The highest BCUT2D eigenvalue weighted by atomic mass is 16.3. The van der Waals surface area contributed by atoms with Crippen LogP contribution in [0.4, 0.5) is 0 Å². The van der Waals surface area contributed by atoms with Crippen molar-refractivity contribution >= 4 is 11.8 Å². The summed E-state index contributed by atoms with van der Waals surface area (Å²) in [6.45, 7) is 3.09. The van der Waals surface area contributed by atoms with Crippen molar-refractivity contribution in [3.05, 3.63) is 35.4 Å². The second-order valence-corrected chi connectivity index (χ2v) is 7.61. The summed E-state index contributed by atoms with van der Waals surface area (Å²) >= 11 is 0. The van der Waals surface area contributed by atoms with Crippen LogP contribution in [0.5, 0.6) is 0 Å². The molecule has 26 heavy (non-hydrogen) atoms. The van der Waals surface area contributed by atoms with E-state index in [1.165, 1.54) is 5.56 Å². The van der Waals surface area contributed by atoms with E-state index in [2.05, 4.69) is 12.1 Å². The zero-order valence-electron chi connectivity index (χ0n) is 15.5. The molecule has 1 aromatic rings. The maximum atomic E-state index is 12.5. The first-order chi connectivity index (χ1) is 12.7. The summed E-state index contributed by atoms with van der Waals surface area (Å²) in [4.78, 5) is 28.4. The van der Waals surface area contributed by atoms with Gasteiger partial charge in [0.1, 0.15) is 0 Å². The van der Waals surface area contributed by atoms with Crippen molar-refractivity contribution in [2.24, 2.45) is 5.92 Å². The SMILES string of the molecule is O=C1CCCCCN1CCC(=O)N1CC[C@@H](Cc2ccc(CO)cc2)C1. The lowest BCUT2D eigenvalue weighted by atomic mass is 9.98. The molecular weight excluding hydrogens is 328 g/mol. The van der Waals surface area contributed by atoms with Gasteiger partial charge in [-0.3, -0.25) is 9.59 Å². The smallest absolute Gasteiger partial charge is 0.224 e. The summed E-state index contributed by atoms with van der Waals surface area (Å²) in [5.74, 6) is 0.889. The molecule has 142 valence electrons. The van der Waals surface area contributed by atoms with E-state index in [1.807, 2.05) is 21.9 Å². The van der Waals surface area contributed by atoms with E-state index < -0.39 is 0 Å². The van der Waals surface area contributed by atoms with E-state index in [0.29, 0.717) is 25.3 Å². The fourth-order valence-corrected chi connectivity index (χ4v) is 4.00. The van der Waals surface area contributed by atoms with Gasteiger partial charge in [-0.1, -0.05) is 30.7 Å². The minimum atomic E-state index is 0.0749. The van der Waals surface area contributed by atoms with Crippen LogP contribution in [0, 0.1) is 5.92 Å². The Balaban J connectivity index is 1.43. The van der Waals surface area contributed by atoms with E-state index in [0.717, 1.165) is 57.3 Å². The first-order valence-corrected chi connectivity index (χ1v) is 9.90. The van der Waals surface area contributed by atoms with E-state index in [4.69, 9.17) is 5.11 Å². The third kappa shape index (κ3) is 5.07. The Morgan fingerprint density at radius 3 is 2.62 bits per heavy atom. The predicted octanol–water partition coefficient (Wildman–Crippen LogP) is 2.36. The molecule has 2 saturated heterocycles. The molecule has 2 amide bonds. The Kier molecular flexibility index (Phi) is 6.67. The van der Waals surface area contributed by atoms with Gasteiger partial charge in [0.2, 0.25) is 11.8 Å². The topological polar surface area (TPSA) is 60.9 Å². The third-order valence-electron chi connectivity index (χ3n) is 5.64. The lowest BCUT2D eigenvalue weighted by molar-refractivity contribution is -0.133. The van der Waals surface area contributed by atoms with Crippen molar-refractivity contribution in [2.45, 2.75) is 51.6 Å². The fraction of sp³-hybridized carbons (Fsp3) is 0.619. The molecule has 0 bridgehead atoms. The molecule has 2 aliphatic heterocycles. The van der Waals surface area contributed by atoms with Gasteiger partial charge in [-0.25, -0.2) is 0 Å². The van der Waals surface area contributed by atoms with Crippen LogP contribution in [0.25, 0.3) is 0 Å². The number of carbonyl (C=O) groups excluding carboxylic acids is 2. The monoisotopic (exact) mass is 358 g/mol. The molecule has 0 radical (unpaired) electrons. The number of aliphatic hydroxyl groups excluding tert-OH is 1. The number of aliphatic hydroxyl groups is 1. The van der Waals surface area contributed by atoms with Crippen molar-refractivity contribution < 1.29 is 14.7 Å². The molecule has 2 aliphatic rings. The minimum Gasteiger partial charge on any atom is -0.392 e. The molecule has 0 aromatic heterocycles. The van der Waals surface area contributed by atoms with Gasteiger partial charge in [-0.05, 0) is 42.7 Å². The molecule has 0 aliphatic carbocycles. The first-order valence-electron chi connectivity index (χ1n) is 9.90. The number of hydrogen-bond acceptors (Lipinski definition) is 3. The molecule has 1 aromatic carbocycles. The van der Waals surface area contributed by atoms with Crippen LogP contribution in [0.15, 0.2) is 24.3 Å². The molecule has 5 nitrogen and oxygen atoms in total. The van der Waals surface area contributed by atoms with E-state index in [9.17, 15) is 9.59 Å². The molecule has 0 spiro atoms. The standard InChI is InChI=1S/C21H30N2O3/c24-16-18-7-5-17(6-8-18)14-19-9-12-23(15-19)21(26)10-13-22-11-3-1-2-4-20(22)25/h5-8,19,24H,1-4,9-16H2/t19-/m0/s1. The Morgan fingerprint density at radius 2 is 1.85 bits per heavy atom. The molecule has 0 saturated carbocycles. The Hall–Kier alpha value is -1.88. The average Bonchev–Trinajstić information content (AvgIpc) is 3.02. The molecule has 3 rings (SSSR count). The number of likely N-dealkylation sites (tertiary alicyclic amines) is 2. The van der Waals surface area contributed by atoms with Crippen LogP contribution >= 0.6 is 0 Å². The summed E-state index contributed by atoms with van der Waals surface area (Å²) < 4.78 is 0. The lowest BCUT2D eigenvalue weighted by Crippen LogP contribution is -2.36. The lowest BCUT2D eigenvalue weighted by Gasteiger charge is -2.22. The molecule has 5 heteroatoms. The van der Waals surface area contributed by atoms with Gasteiger partial charge in [0, 0.05) is 39.0 Å². The van der Waals surface area contributed by atoms with Gasteiger partial charge >= 0.3 is 0 Å². The molecule has 1 atom stereocenters. The summed E-state index contributed by atoms with van der Waals surface area (Å²) in [7, 11) is 0. The number of carbonyl (C=O) groups is 2. The minimum absolute atomic E-state index is 0.0749. The number of hydrogen-bond donors (Lipinski definition) is 1. The highest BCUT2D eigenvalue weighted by Crippen LogP contribution is 2.22. The van der Waals surface area contributed by atoms with Crippen LogP contribution < -0.4 is 0 Å². The molecular formula is C21H30N2O3. The summed E-state index contributed by atoms with van der Waals surface area (Å²) in [5, 5.41) is 9.12. The Morgan fingerprint density at radius 1 is 1.08 bits per heavy atom. The molecule has 0 unspecified atom stereocenters. The number of amides is 2. The van der Waals surface area contributed by atoms with E-state index in [1.54, 1.807) is 0 Å². The normalized spacial score (nSPS) is 21.1. The van der Waals surface area contributed by atoms with Crippen molar-refractivity contribution in [3.8, 4) is 0 Å². The van der Waals surface area contributed by atoms with E-state index >= 15 is 0 Å². The van der Waals surface area contributed by atoms with Crippen LogP contribution in [0.2, 0.25) is 0 Å². The number of rotatable bonds is 6. The second kappa shape index (κ2) is 9.17. The van der Waals surface area contributed by atoms with Crippen LogP contribution in [-0.2, 0) is 22.6 Å². The Labute approximate surface area is 156 Å². The Bertz CT molecular complexity index is 614. The fourth-order valence-electron chi connectivity index (χ4n) is 4.00. The first kappa shape index (κ1) is 18.9. The van der Waals surface area contributed by atoms with Gasteiger partial charge in [0.25, 0.3) is 0 Å². The maximum Gasteiger partial charge on any atom is 0.224 e. The van der Waals surface area contributed by atoms with Crippen molar-refractivity contribution in [2.75, 3.05) is 26.2 Å². The zero-order valence-corrected chi connectivity index (χ0v) is 15.5. The molecule has 2 fully saturated rings. The van der Waals surface area contributed by atoms with Gasteiger partial charge in [0.15, 0.2) is 0 Å². The maximum absolute atomic E-state index is 12.5. The molecule has 2 heterocycles. The molecule has 1 N–H and O–H groups in total. The quantitative estimate of drug-likeness (QED) is 0.849. The number of benzene rings is 1. The van der Waals surface area contributed by atoms with Gasteiger partial charge in [-0.2, -0.15) is 0 Å². The van der Waals surface area contributed by atoms with Crippen molar-refractivity contribution in [1.29, 1.82) is 0 Å². The summed E-state index contributed by atoms with van der Waals surface area (Å²) in [6.07, 6.45) is 6.25. The summed E-state index contributed by atoms with van der Waals surface area (Å²) in [5.41, 5.74) is 2.19. The van der Waals surface area contributed by atoms with Crippen LogP contribution in [0.3, 0.4) is 0 Å². The van der Waals surface area contributed by atoms with Gasteiger partial charge < -0.3 is 14.9 Å². The van der Waals surface area contributed by atoms with E-state index in [-0.39, 0.29) is 18.4 Å². The van der Waals surface area contributed by atoms with Gasteiger partial charge in [-0.15, -0.1) is 0 Å². The average molecular weight is 358 g/mol.